The predicted molar refractivity (Wildman–Crippen MR) is 93.2 cm³/mol. The lowest BCUT2D eigenvalue weighted by atomic mass is 9.93. The van der Waals surface area contributed by atoms with Crippen LogP contribution < -0.4 is 10.6 Å². The monoisotopic (exact) mass is 342 g/mol. The Balaban J connectivity index is 1.67. The minimum absolute atomic E-state index is 0.326. The Bertz CT molecular complexity index is 725. The van der Waals surface area contributed by atoms with E-state index in [0.29, 0.717) is 18.3 Å². The van der Waals surface area contributed by atoms with Crippen LogP contribution >= 0.6 is 0 Å². The van der Waals surface area contributed by atoms with Gasteiger partial charge in [0.25, 0.3) is 0 Å². The van der Waals surface area contributed by atoms with Crippen LogP contribution in [-0.4, -0.2) is 34.9 Å². The quantitative estimate of drug-likeness (QED) is 0.845. The third-order valence-electron chi connectivity index (χ3n) is 4.39. The Morgan fingerprint density at radius 3 is 2.68 bits per heavy atom. The van der Waals surface area contributed by atoms with Gasteiger partial charge in [-0.15, -0.1) is 0 Å². The second kappa shape index (κ2) is 7.83. The molecule has 1 unspecified atom stereocenters. The standard InChI is InChI=1S/C18H22N4O3/c1-25-18(24)19-15(12-13-6-3-2-4-7-13)17(23)20-16-10-11-22(21-16)14-8-5-9-14/h2-4,6-7,10-11,14-15H,5,8-9,12H2,1H3,(H,19,24)(H,20,21,23). The van der Waals surface area contributed by atoms with Crippen molar-refractivity contribution in [3.8, 4) is 0 Å². The van der Waals surface area contributed by atoms with Gasteiger partial charge in [-0.2, -0.15) is 5.10 Å². The molecule has 2 aromatic rings. The number of rotatable bonds is 6. The number of aromatic nitrogens is 2. The molecule has 0 spiro atoms. The van der Waals surface area contributed by atoms with E-state index in [1.807, 2.05) is 41.2 Å². The van der Waals surface area contributed by atoms with Gasteiger partial charge >= 0.3 is 6.09 Å². The summed E-state index contributed by atoms with van der Waals surface area (Å²) in [5.41, 5.74) is 0.944. The average Bonchev–Trinajstić information content (AvgIpc) is 3.01. The lowest BCUT2D eigenvalue weighted by Gasteiger charge is -2.25. The molecule has 3 rings (SSSR count). The second-order valence-corrected chi connectivity index (χ2v) is 6.13. The van der Waals surface area contributed by atoms with Crippen LogP contribution in [0.5, 0.6) is 0 Å². The topological polar surface area (TPSA) is 85.2 Å². The van der Waals surface area contributed by atoms with E-state index in [4.69, 9.17) is 0 Å². The van der Waals surface area contributed by atoms with Crippen LogP contribution in [0.2, 0.25) is 0 Å². The van der Waals surface area contributed by atoms with Crippen LogP contribution in [0.1, 0.15) is 30.9 Å². The van der Waals surface area contributed by atoms with Gasteiger partial charge in [-0.05, 0) is 24.8 Å². The van der Waals surface area contributed by atoms with E-state index < -0.39 is 12.1 Å². The second-order valence-electron chi connectivity index (χ2n) is 6.13. The van der Waals surface area contributed by atoms with Crippen molar-refractivity contribution in [2.24, 2.45) is 0 Å². The first-order valence-corrected chi connectivity index (χ1v) is 8.40. The van der Waals surface area contributed by atoms with Crippen LogP contribution in [0.25, 0.3) is 0 Å². The summed E-state index contributed by atoms with van der Waals surface area (Å²) in [5.74, 6) is 0.162. The number of benzene rings is 1. The Labute approximate surface area is 146 Å². The molecule has 1 fully saturated rings. The minimum atomic E-state index is -0.747. The van der Waals surface area contributed by atoms with Gasteiger partial charge in [-0.3, -0.25) is 9.48 Å². The first-order chi connectivity index (χ1) is 12.2. The maximum absolute atomic E-state index is 12.6. The summed E-state index contributed by atoms with van der Waals surface area (Å²) >= 11 is 0. The number of alkyl carbamates (subject to hydrolysis) is 1. The Hall–Kier alpha value is -2.83. The zero-order valence-corrected chi connectivity index (χ0v) is 14.1. The van der Waals surface area contributed by atoms with Crippen molar-refractivity contribution in [1.29, 1.82) is 0 Å². The van der Waals surface area contributed by atoms with E-state index in [2.05, 4.69) is 20.5 Å². The van der Waals surface area contributed by atoms with E-state index in [0.717, 1.165) is 18.4 Å². The van der Waals surface area contributed by atoms with Crippen LogP contribution in [0.3, 0.4) is 0 Å². The molecule has 1 heterocycles. The number of ether oxygens (including phenoxy) is 1. The van der Waals surface area contributed by atoms with Gasteiger partial charge in [0.2, 0.25) is 5.91 Å². The van der Waals surface area contributed by atoms with Gasteiger partial charge in [-0.25, -0.2) is 4.79 Å². The predicted octanol–water partition coefficient (Wildman–Crippen LogP) is 2.51. The molecular formula is C18H22N4O3. The highest BCUT2D eigenvalue weighted by Crippen LogP contribution is 2.31. The smallest absolute Gasteiger partial charge is 0.407 e. The largest absolute Gasteiger partial charge is 0.453 e. The molecule has 7 nitrogen and oxygen atoms in total. The number of carbonyl (C=O) groups is 2. The molecule has 1 atom stereocenters. The summed E-state index contributed by atoms with van der Waals surface area (Å²) in [7, 11) is 1.27. The number of hydrogen-bond acceptors (Lipinski definition) is 4. The van der Waals surface area contributed by atoms with Gasteiger partial charge < -0.3 is 15.4 Å². The molecule has 0 radical (unpaired) electrons. The number of nitrogens with zero attached hydrogens (tertiary/aromatic N) is 2. The number of methoxy groups -OCH3 is 1. The number of hydrogen-bond donors (Lipinski definition) is 2. The fraction of sp³-hybridized carbons (Fsp3) is 0.389. The molecule has 1 aromatic heterocycles. The van der Waals surface area contributed by atoms with E-state index in [1.165, 1.54) is 13.5 Å². The van der Waals surface area contributed by atoms with Gasteiger partial charge in [0, 0.05) is 18.7 Å². The molecule has 2 amide bonds. The van der Waals surface area contributed by atoms with Crippen molar-refractivity contribution in [1.82, 2.24) is 15.1 Å². The van der Waals surface area contributed by atoms with Crippen molar-refractivity contribution in [3.63, 3.8) is 0 Å². The first kappa shape index (κ1) is 17.0. The van der Waals surface area contributed by atoms with E-state index >= 15 is 0 Å². The Morgan fingerprint density at radius 1 is 1.28 bits per heavy atom. The van der Waals surface area contributed by atoms with Gasteiger partial charge in [-0.1, -0.05) is 30.3 Å². The van der Waals surface area contributed by atoms with Gasteiger partial charge in [0.15, 0.2) is 5.82 Å². The molecule has 1 saturated carbocycles. The third kappa shape index (κ3) is 4.37. The maximum atomic E-state index is 12.6. The molecule has 0 saturated heterocycles. The molecule has 2 N–H and O–H groups in total. The van der Waals surface area contributed by atoms with E-state index in [1.54, 1.807) is 6.07 Å². The zero-order chi connectivity index (χ0) is 17.6. The van der Waals surface area contributed by atoms with Gasteiger partial charge in [0.1, 0.15) is 6.04 Å². The lowest BCUT2D eigenvalue weighted by molar-refractivity contribution is -0.118. The van der Waals surface area contributed by atoms with E-state index in [9.17, 15) is 9.59 Å². The number of amides is 2. The van der Waals surface area contributed by atoms with Crippen LogP contribution in [0.15, 0.2) is 42.6 Å². The van der Waals surface area contributed by atoms with Crippen molar-refractivity contribution in [3.05, 3.63) is 48.2 Å². The molecule has 25 heavy (non-hydrogen) atoms. The minimum Gasteiger partial charge on any atom is -0.453 e. The van der Waals surface area contributed by atoms with Crippen LogP contribution in [0.4, 0.5) is 10.6 Å². The number of anilines is 1. The molecule has 7 heteroatoms. The molecule has 0 aliphatic heterocycles. The molecule has 132 valence electrons. The van der Waals surface area contributed by atoms with Crippen LogP contribution in [-0.2, 0) is 16.0 Å². The third-order valence-corrected chi connectivity index (χ3v) is 4.39. The van der Waals surface area contributed by atoms with Gasteiger partial charge in [0.05, 0.1) is 13.2 Å². The zero-order valence-electron chi connectivity index (χ0n) is 14.1. The summed E-state index contributed by atoms with van der Waals surface area (Å²) in [6, 6.07) is 11.0. The van der Waals surface area contributed by atoms with Crippen molar-refractivity contribution >= 4 is 17.8 Å². The van der Waals surface area contributed by atoms with Crippen LogP contribution in [0, 0.1) is 0 Å². The lowest BCUT2D eigenvalue weighted by Crippen LogP contribution is -2.45. The molecule has 1 aliphatic rings. The summed E-state index contributed by atoms with van der Waals surface area (Å²) in [6.45, 7) is 0. The highest BCUT2D eigenvalue weighted by atomic mass is 16.5. The normalized spacial score (nSPS) is 15.1. The Morgan fingerprint density at radius 2 is 2.04 bits per heavy atom. The van der Waals surface area contributed by atoms with Crippen molar-refractivity contribution < 1.29 is 14.3 Å². The average molecular weight is 342 g/mol. The molecule has 1 aromatic carbocycles. The highest BCUT2D eigenvalue weighted by Gasteiger charge is 2.24. The SMILES string of the molecule is COC(=O)NC(Cc1ccccc1)C(=O)Nc1ccn(C2CCC2)n1. The summed E-state index contributed by atoms with van der Waals surface area (Å²) in [5, 5.41) is 9.76. The van der Waals surface area contributed by atoms with E-state index in [-0.39, 0.29) is 5.91 Å². The molecular weight excluding hydrogens is 320 g/mol. The first-order valence-electron chi connectivity index (χ1n) is 8.40. The number of nitrogens with one attached hydrogen (secondary N) is 2. The van der Waals surface area contributed by atoms with Crippen molar-refractivity contribution in [2.75, 3.05) is 12.4 Å². The Kier molecular flexibility index (Phi) is 5.33. The highest BCUT2D eigenvalue weighted by molar-refractivity contribution is 5.96. The summed E-state index contributed by atoms with van der Waals surface area (Å²) in [4.78, 5) is 24.2. The fourth-order valence-electron chi connectivity index (χ4n) is 2.73. The summed E-state index contributed by atoms with van der Waals surface area (Å²) in [6.07, 6.45) is 5.06. The maximum Gasteiger partial charge on any atom is 0.407 e. The molecule has 1 aliphatic carbocycles. The number of carbonyl (C=O) groups excluding carboxylic acids is 2. The fourth-order valence-corrected chi connectivity index (χ4v) is 2.73. The molecule has 0 bridgehead atoms. The summed E-state index contributed by atoms with van der Waals surface area (Å²) < 4.78 is 6.51. The van der Waals surface area contributed by atoms with Crippen molar-refractivity contribution in [2.45, 2.75) is 37.8 Å².